The van der Waals surface area contributed by atoms with E-state index in [1.165, 1.54) is 6.20 Å². The minimum Gasteiger partial charge on any atom is -0.289 e. The minimum absolute atomic E-state index is 0.245. The maximum atomic E-state index is 12.5. The van der Waals surface area contributed by atoms with E-state index in [1.807, 2.05) is 44.2 Å². The monoisotopic (exact) mass is 451 g/mol. The van der Waals surface area contributed by atoms with Crippen molar-refractivity contribution in [3.63, 3.8) is 0 Å². The zero-order valence-corrected chi connectivity index (χ0v) is 17.5. The summed E-state index contributed by atoms with van der Waals surface area (Å²) < 4.78 is 4.43. The van der Waals surface area contributed by atoms with Crippen LogP contribution < -0.4 is 5.32 Å². The van der Waals surface area contributed by atoms with E-state index >= 15 is 0 Å². The SMILES string of the molecule is Cc1cc(C)n(-c2ccc(C(=O)Nc3ncn(Cc4ccc(Br)cc4)n3)cn2)n1. The molecular weight excluding hydrogens is 434 g/mol. The molecule has 3 aromatic heterocycles. The molecule has 4 aromatic rings. The van der Waals surface area contributed by atoms with Crippen molar-refractivity contribution < 1.29 is 4.79 Å². The number of aromatic nitrogens is 6. The second kappa shape index (κ2) is 7.96. The highest BCUT2D eigenvalue weighted by Gasteiger charge is 2.11. The zero-order valence-electron chi connectivity index (χ0n) is 15.9. The van der Waals surface area contributed by atoms with Crippen LogP contribution >= 0.6 is 15.9 Å². The van der Waals surface area contributed by atoms with E-state index in [0.717, 1.165) is 21.4 Å². The second-order valence-electron chi connectivity index (χ2n) is 6.59. The molecule has 146 valence electrons. The van der Waals surface area contributed by atoms with Gasteiger partial charge in [0.05, 0.1) is 17.8 Å². The van der Waals surface area contributed by atoms with E-state index in [4.69, 9.17) is 0 Å². The highest BCUT2D eigenvalue weighted by molar-refractivity contribution is 9.10. The summed E-state index contributed by atoms with van der Waals surface area (Å²) in [7, 11) is 0. The molecule has 4 rings (SSSR count). The molecule has 1 N–H and O–H groups in total. The van der Waals surface area contributed by atoms with Crippen molar-refractivity contribution in [1.29, 1.82) is 0 Å². The third-order valence-corrected chi connectivity index (χ3v) is 4.78. The van der Waals surface area contributed by atoms with Crippen LogP contribution in [-0.2, 0) is 6.54 Å². The molecule has 0 aliphatic heterocycles. The smallest absolute Gasteiger partial charge is 0.259 e. The first-order chi connectivity index (χ1) is 14.0. The van der Waals surface area contributed by atoms with Crippen LogP contribution in [0, 0.1) is 13.8 Å². The maximum Gasteiger partial charge on any atom is 0.259 e. The van der Waals surface area contributed by atoms with E-state index in [2.05, 4.69) is 41.4 Å². The van der Waals surface area contributed by atoms with Crippen LogP contribution in [0.15, 0.2) is 59.5 Å². The average molecular weight is 452 g/mol. The van der Waals surface area contributed by atoms with Crippen LogP contribution in [0.25, 0.3) is 5.82 Å². The summed E-state index contributed by atoms with van der Waals surface area (Å²) in [4.78, 5) is 21.0. The number of hydrogen-bond acceptors (Lipinski definition) is 5. The van der Waals surface area contributed by atoms with Crippen molar-refractivity contribution in [2.45, 2.75) is 20.4 Å². The van der Waals surface area contributed by atoms with Gasteiger partial charge in [-0.2, -0.15) is 5.10 Å². The zero-order chi connectivity index (χ0) is 20.4. The number of nitrogens with one attached hydrogen (secondary N) is 1. The Hall–Kier alpha value is -3.33. The Balaban J connectivity index is 1.42. The lowest BCUT2D eigenvalue weighted by Crippen LogP contribution is -2.14. The summed E-state index contributed by atoms with van der Waals surface area (Å²) in [5.74, 6) is 0.581. The predicted molar refractivity (Wildman–Crippen MR) is 112 cm³/mol. The molecule has 9 heteroatoms. The standard InChI is InChI=1S/C20H18BrN7O/c1-13-9-14(2)28(25-13)18-8-5-16(10-22-18)19(29)24-20-23-12-27(26-20)11-15-3-6-17(21)7-4-15/h3-10,12H,11H2,1-2H3,(H,24,26,29). The Labute approximate surface area is 175 Å². The summed E-state index contributed by atoms with van der Waals surface area (Å²) in [5, 5.41) is 11.4. The lowest BCUT2D eigenvalue weighted by molar-refractivity contribution is 0.102. The van der Waals surface area contributed by atoms with E-state index < -0.39 is 0 Å². The van der Waals surface area contributed by atoms with Gasteiger partial charge in [0.1, 0.15) is 6.33 Å². The summed E-state index contributed by atoms with van der Waals surface area (Å²) in [5.41, 5.74) is 3.39. The topological polar surface area (TPSA) is 90.5 Å². The minimum atomic E-state index is -0.321. The molecule has 0 spiro atoms. The van der Waals surface area contributed by atoms with Gasteiger partial charge in [-0.05, 0) is 49.7 Å². The fourth-order valence-electron chi connectivity index (χ4n) is 2.89. The van der Waals surface area contributed by atoms with Gasteiger partial charge >= 0.3 is 0 Å². The first kappa shape index (κ1) is 19.0. The second-order valence-corrected chi connectivity index (χ2v) is 7.51. The van der Waals surface area contributed by atoms with Gasteiger partial charge < -0.3 is 0 Å². The van der Waals surface area contributed by atoms with Crippen molar-refractivity contribution in [3.8, 4) is 5.82 Å². The van der Waals surface area contributed by atoms with Crippen molar-refractivity contribution in [2.75, 3.05) is 5.32 Å². The average Bonchev–Trinajstić information content (AvgIpc) is 3.29. The number of anilines is 1. The normalized spacial score (nSPS) is 10.9. The summed E-state index contributed by atoms with van der Waals surface area (Å²) in [6.45, 7) is 4.45. The highest BCUT2D eigenvalue weighted by atomic mass is 79.9. The molecule has 8 nitrogen and oxygen atoms in total. The number of pyridine rings is 1. The number of halogens is 1. The molecule has 1 amide bonds. The molecule has 29 heavy (non-hydrogen) atoms. The third-order valence-electron chi connectivity index (χ3n) is 4.26. The molecule has 0 fully saturated rings. The predicted octanol–water partition coefficient (Wildman–Crippen LogP) is 3.54. The molecule has 0 unspecified atom stereocenters. The highest BCUT2D eigenvalue weighted by Crippen LogP contribution is 2.13. The van der Waals surface area contributed by atoms with Crippen molar-refractivity contribution in [1.82, 2.24) is 29.5 Å². The third kappa shape index (κ3) is 4.40. The molecule has 0 aliphatic rings. The summed E-state index contributed by atoms with van der Waals surface area (Å²) >= 11 is 3.41. The number of hydrogen-bond donors (Lipinski definition) is 1. The Bertz CT molecular complexity index is 1150. The van der Waals surface area contributed by atoms with E-state index in [9.17, 15) is 4.79 Å². The quantitative estimate of drug-likeness (QED) is 0.500. The molecule has 0 atom stereocenters. The van der Waals surface area contributed by atoms with Crippen LogP contribution in [0.5, 0.6) is 0 Å². The summed E-state index contributed by atoms with van der Waals surface area (Å²) in [6, 6.07) is 13.4. The fraction of sp³-hybridized carbons (Fsp3) is 0.150. The van der Waals surface area contributed by atoms with Gasteiger partial charge in [-0.25, -0.2) is 19.3 Å². The van der Waals surface area contributed by atoms with Gasteiger partial charge in [-0.3, -0.25) is 10.1 Å². The number of carbonyl (C=O) groups is 1. The van der Waals surface area contributed by atoms with E-state index in [0.29, 0.717) is 17.9 Å². The lowest BCUT2D eigenvalue weighted by atomic mass is 10.2. The van der Waals surface area contributed by atoms with Crippen LogP contribution in [0.2, 0.25) is 0 Å². The molecule has 0 saturated carbocycles. The molecular formula is C20H18BrN7O. The van der Waals surface area contributed by atoms with Crippen molar-refractivity contribution in [3.05, 3.63) is 82.0 Å². The van der Waals surface area contributed by atoms with Gasteiger partial charge in [0.25, 0.3) is 5.91 Å². The molecule has 1 aromatic carbocycles. The maximum absolute atomic E-state index is 12.5. The molecule has 3 heterocycles. The van der Waals surface area contributed by atoms with Gasteiger partial charge in [0.15, 0.2) is 5.82 Å². The number of nitrogens with zero attached hydrogens (tertiary/aromatic N) is 6. The first-order valence-electron chi connectivity index (χ1n) is 8.93. The van der Waals surface area contributed by atoms with Gasteiger partial charge in [0.2, 0.25) is 5.95 Å². The molecule has 0 radical (unpaired) electrons. The number of amides is 1. The van der Waals surface area contributed by atoms with Gasteiger partial charge in [0, 0.05) is 16.4 Å². The number of carbonyl (C=O) groups excluding carboxylic acids is 1. The van der Waals surface area contributed by atoms with Crippen LogP contribution in [-0.4, -0.2) is 35.4 Å². The van der Waals surface area contributed by atoms with Crippen LogP contribution in [0.4, 0.5) is 5.95 Å². The van der Waals surface area contributed by atoms with E-state index in [1.54, 1.807) is 27.8 Å². The fourth-order valence-corrected chi connectivity index (χ4v) is 3.15. The lowest BCUT2D eigenvalue weighted by Gasteiger charge is -2.05. The van der Waals surface area contributed by atoms with Crippen LogP contribution in [0.3, 0.4) is 0 Å². The Morgan fingerprint density at radius 1 is 1.07 bits per heavy atom. The number of rotatable bonds is 5. The van der Waals surface area contributed by atoms with Gasteiger partial charge in [-0.15, -0.1) is 5.10 Å². The van der Waals surface area contributed by atoms with Gasteiger partial charge in [-0.1, -0.05) is 28.1 Å². The van der Waals surface area contributed by atoms with Crippen molar-refractivity contribution >= 4 is 27.8 Å². The van der Waals surface area contributed by atoms with Crippen LogP contribution in [0.1, 0.15) is 27.3 Å². The number of benzene rings is 1. The largest absolute Gasteiger partial charge is 0.289 e. The Morgan fingerprint density at radius 2 is 1.86 bits per heavy atom. The van der Waals surface area contributed by atoms with E-state index in [-0.39, 0.29) is 11.9 Å². The Kier molecular flexibility index (Phi) is 5.22. The first-order valence-corrected chi connectivity index (χ1v) is 9.72. The Morgan fingerprint density at radius 3 is 2.52 bits per heavy atom. The molecule has 0 saturated heterocycles. The summed E-state index contributed by atoms with van der Waals surface area (Å²) in [6.07, 6.45) is 3.10. The van der Waals surface area contributed by atoms with Crippen molar-refractivity contribution in [2.24, 2.45) is 0 Å². The molecule has 0 aliphatic carbocycles. The number of aryl methyl sites for hydroxylation is 2. The molecule has 0 bridgehead atoms.